The molecule has 0 bridgehead atoms. The number of nitrogen functional groups attached to an aromatic ring is 1. The lowest BCUT2D eigenvalue weighted by molar-refractivity contribution is 0.735. The number of benzene rings is 1. The number of hydrogen-bond donors (Lipinski definition) is 1. The van der Waals surface area contributed by atoms with Crippen molar-refractivity contribution in [2.24, 2.45) is 7.05 Å². The molecule has 4 nitrogen and oxygen atoms in total. The summed E-state index contributed by atoms with van der Waals surface area (Å²) in [6.07, 6.45) is 1.84. The smallest absolute Gasteiger partial charge is 0.174 e. The first-order valence-corrected chi connectivity index (χ1v) is 6.20. The van der Waals surface area contributed by atoms with Crippen molar-refractivity contribution in [2.45, 2.75) is 20.4 Å². The number of rotatable bonds is 4. The van der Waals surface area contributed by atoms with Gasteiger partial charge in [0.1, 0.15) is 0 Å². The standard InChI is InChI=1S/C14H20N4/c1-4-18(14-13(15)10-17(3)16-14)9-12-8-6-5-7-11(12)2/h5-8,10H,4,9,15H2,1-3H3. The summed E-state index contributed by atoms with van der Waals surface area (Å²) < 4.78 is 1.76. The fourth-order valence-corrected chi connectivity index (χ4v) is 2.07. The molecule has 2 aromatic rings. The Labute approximate surface area is 108 Å². The molecule has 2 rings (SSSR count). The van der Waals surface area contributed by atoms with Gasteiger partial charge >= 0.3 is 0 Å². The highest BCUT2D eigenvalue weighted by Gasteiger charge is 2.13. The lowest BCUT2D eigenvalue weighted by atomic mass is 10.1. The van der Waals surface area contributed by atoms with Crippen molar-refractivity contribution in [3.05, 3.63) is 41.6 Å². The molecule has 0 spiro atoms. The third kappa shape index (κ3) is 2.47. The first-order valence-electron chi connectivity index (χ1n) is 6.20. The normalized spacial score (nSPS) is 10.6. The van der Waals surface area contributed by atoms with Crippen LogP contribution in [0, 0.1) is 6.92 Å². The minimum Gasteiger partial charge on any atom is -0.394 e. The molecule has 0 atom stereocenters. The summed E-state index contributed by atoms with van der Waals surface area (Å²) in [5, 5.41) is 4.42. The molecule has 1 heterocycles. The lowest BCUT2D eigenvalue weighted by Crippen LogP contribution is -2.24. The van der Waals surface area contributed by atoms with Crippen molar-refractivity contribution in [1.29, 1.82) is 0 Å². The summed E-state index contributed by atoms with van der Waals surface area (Å²) in [4.78, 5) is 2.19. The van der Waals surface area contributed by atoms with Gasteiger partial charge in [-0.3, -0.25) is 4.68 Å². The van der Waals surface area contributed by atoms with Crippen molar-refractivity contribution in [2.75, 3.05) is 17.2 Å². The van der Waals surface area contributed by atoms with Crippen LogP contribution in [0.15, 0.2) is 30.5 Å². The zero-order valence-corrected chi connectivity index (χ0v) is 11.2. The molecular weight excluding hydrogens is 224 g/mol. The molecule has 0 unspecified atom stereocenters. The topological polar surface area (TPSA) is 47.1 Å². The molecule has 0 aliphatic carbocycles. The van der Waals surface area contributed by atoms with E-state index in [0.717, 1.165) is 24.6 Å². The first kappa shape index (κ1) is 12.5. The van der Waals surface area contributed by atoms with Gasteiger partial charge in [-0.1, -0.05) is 24.3 Å². The molecule has 4 heteroatoms. The fraction of sp³-hybridized carbons (Fsp3) is 0.357. The van der Waals surface area contributed by atoms with Gasteiger partial charge in [0.05, 0.1) is 5.69 Å². The number of aromatic nitrogens is 2. The van der Waals surface area contributed by atoms with Crippen LogP contribution in [0.1, 0.15) is 18.1 Å². The second-order valence-corrected chi connectivity index (χ2v) is 4.52. The van der Waals surface area contributed by atoms with Gasteiger partial charge in [-0.15, -0.1) is 0 Å². The van der Waals surface area contributed by atoms with E-state index in [4.69, 9.17) is 5.73 Å². The van der Waals surface area contributed by atoms with E-state index in [1.165, 1.54) is 11.1 Å². The van der Waals surface area contributed by atoms with Crippen molar-refractivity contribution in [3.8, 4) is 0 Å². The molecule has 96 valence electrons. The van der Waals surface area contributed by atoms with E-state index in [1.807, 2.05) is 13.2 Å². The van der Waals surface area contributed by atoms with Crippen molar-refractivity contribution >= 4 is 11.5 Å². The van der Waals surface area contributed by atoms with E-state index in [0.29, 0.717) is 0 Å². The van der Waals surface area contributed by atoms with Gasteiger partial charge in [0, 0.05) is 26.3 Å². The van der Waals surface area contributed by atoms with E-state index in [9.17, 15) is 0 Å². The van der Waals surface area contributed by atoms with Gasteiger partial charge in [0.2, 0.25) is 0 Å². The SMILES string of the molecule is CCN(Cc1ccccc1C)c1nn(C)cc1N. The van der Waals surface area contributed by atoms with Crippen LogP contribution >= 0.6 is 0 Å². The monoisotopic (exact) mass is 244 g/mol. The van der Waals surface area contributed by atoms with E-state index < -0.39 is 0 Å². The Bertz CT molecular complexity index is 530. The average Bonchev–Trinajstić information content (AvgIpc) is 2.67. The molecule has 1 aromatic heterocycles. The van der Waals surface area contributed by atoms with E-state index in [2.05, 4.69) is 48.1 Å². The highest BCUT2D eigenvalue weighted by molar-refractivity contribution is 5.61. The molecular formula is C14H20N4. The number of nitrogens with zero attached hydrogens (tertiary/aromatic N) is 3. The number of aryl methyl sites for hydroxylation is 2. The van der Waals surface area contributed by atoms with E-state index in [1.54, 1.807) is 4.68 Å². The summed E-state index contributed by atoms with van der Waals surface area (Å²) in [5.41, 5.74) is 9.32. The van der Waals surface area contributed by atoms with Crippen molar-refractivity contribution in [1.82, 2.24) is 9.78 Å². The highest BCUT2D eigenvalue weighted by atomic mass is 15.3. The van der Waals surface area contributed by atoms with Gasteiger partial charge in [-0.05, 0) is 25.0 Å². The quantitative estimate of drug-likeness (QED) is 0.898. The van der Waals surface area contributed by atoms with E-state index in [-0.39, 0.29) is 0 Å². The Kier molecular flexibility index (Phi) is 3.55. The zero-order chi connectivity index (χ0) is 13.1. The fourth-order valence-electron chi connectivity index (χ4n) is 2.07. The molecule has 0 aliphatic heterocycles. The van der Waals surface area contributed by atoms with Crippen LogP contribution in [-0.2, 0) is 13.6 Å². The van der Waals surface area contributed by atoms with Crippen LogP contribution in [0.5, 0.6) is 0 Å². The Hall–Kier alpha value is -1.97. The Morgan fingerprint density at radius 3 is 2.61 bits per heavy atom. The van der Waals surface area contributed by atoms with Gasteiger partial charge < -0.3 is 10.6 Å². The minimum absolute atomic E-state index is 0.730. The Balaban J connectivity index is 2.25. The van der Waals surface area contributed by atoms with Gasteiger partial charge in [-0.25, -0.2) is 0 Å². The first-order chi connectivity index (χ1) is 8.61. The summed E-state index contributed by atoms with van der Waals surface area (Å²) >= 11 is 0. The molecule has 0 saturated carbocycles. The lowest BCUT2D eigenvalue weighted by Gasteiger charge is -2.22. The van der Waals surface area contributed by atoms with Gasteiger partial charge in [-0.2, -0.15) is 5.10 Å². The van der Waals surface area contributed by atoms with Crippen LogP contribution in [0.3, 0.4) is 0 Å². The summed E-state index contributed by atoms with van der Waals surface area (Å²) in [7, 11) is 1.89. The zero-order valence-electron chi connectivity index (χ0n) is 11.2. The minimum atomic E-state index is 0.730. The molecule has 0 aliphatic rings. The predicted molar refractivity (Wildman–Crippen MR) is 75.5 cm³/mol. The van der Waals surface area contributed by atoms with Crippen LogP contribution < -0.4 is 10.6 Å². The number of nitrogens with two attached hydrogens (primary N) is 1. The number of hydrogen-bond acceptors (Lipinski definition) is 3. The van der Waals surface area contributed by atoms with Crippen LogP contribution in [0.2, 0.25) is 0 Å². The van der Waals surface area contributed by atoms with E-state index >= 15 is 0 Å². The van der Waals surface area contributed by atoms with Gasteiger partial charge in [0.15, 0.2) is 5.82 Å². The summed E-state index contributed by atoms with van der Waals surface area (Å²) in [6, 6.07) is 8.41. The Morgan fingerprint density at radius 2 is 2.06 bits per heavy atom. The maximum Gasteiger partial charge on any atom is 0.174 e. The molecule has 0 amide bonds. The molecule has 0 fully saturated rings. The predicted octanol–water partition coefficient (Wildman–Crippen LogP) is 2.34. The third-order valence-electron chi connectivity index (χ3n) is 3.14. The Morgan fingerprint density at radius 1 is 1.33 bits per heavy atom. The van der Waals surface area contributed by atoms with Crippen LogP contribution in [-0.4, -0.2) is 16.3 Å². The second-order valence-electron chi connectivity index (χ2n) is 4.52. The maximum absolute atomic E-state index is 5.98. The molecule has 2 N–H and O–H groups in total. The molecule has 0 saturated heterocycles. The van der Waals surface area contributed by atoms with Crippen molar-refractivity contribution in [3.63, 3.8) is 0 Å². The van der Waals surface area contributed by atoms with Crippen molar-refractivity contribution < 1.29 is 0 Å². The molecule has 18 heavy (non-hydrogen) atoms. The molecule has 0 radical (unpaired) electrons. The average molecular weight is 244 g/mol. The highest BCUT2D eigenvalue weighted by Crippen LogP contribution is 2.22. The maximum atomic E-state index is 5.98. The third-order valence-corrected chi connectivity index (χ3v) is 3.14. The van der Waals surface area contributed by atoms with Crippen LogP contribution in [0.25, 0.3) is 0 Å². The summed E-state index contributed by atoms with van der Waals surface area (Å²) in [6.45, 7) is 5.97. The summed E-state index contributed by atoms with van der Waals surface area (Å²) in [5.74, 6) is 0.864. The second kappa shape index (κ2) is 5.12. The number of anilines is 2. The largest absolute Gasteiger partial charge is 0.394 e. The van der Waals surface area contributed by atoms with Crippen LogP contribution in [0.4, 0.5) is 11.5 Å². The van der Waals surface area contributed by atoms with Gasteiger partial charge in [0.25, 0.3) is 0 Å². The molecule has 1 aromatic carbocycles.